The molecule has 0 unspecified atom stereocenters. The van der Waals surface area contributed by atoms with E-state index < -0.39 is 11.6 Å². The number of halogens is 2. The molecule has 0 amide bonds. The number of hydrogen-bond acceptors (Lipinski definition) is 2. The van der Waals surface area contributed by atoms with E-state index in [2.05, 4.69) is 4.90 Å². The third-order valence-corrected chi connectivity index (χ3v) is 3.77. The van der Waals surface area contributed by atoms with Gasteiger partial charge >= 0.3 is 0 Å². The van der Waals surface area contributed by atoms with Gasteiger partial charge in [0.15, 0.2) is 11.6 Å². The van der Waals surface area contributed by atoms with Crippen molar-refractivity contribution in [2.24, 2.45) is 0 Å². The van der Waals surface area contributed by atoms with Crippen molar-refractivity contribution in [1.82, 2.24) is 4.90 Å². The summed E-state index contributed by atoms with van der Waals surface area (Å²) in [5.41, 5.74) is 8.49. The molecule has 0 heterocycles. The van der Waals surface area contributed by atoms with Crippen LogP contribution >= 0.6 is 0 Å². The Labute approximate surface area is 123 Å². The van der Waals surface area contributed by atoms with Crippen molar-refractivity contribution in [1.29, 1.82) is 0 Å². The molecule has 3 rings (SSSR count). The van der Waals surface area contributed by atoms with Gasteiger partial charge in [-0.2, -0.15) is 0 Å². The van der Waals surface area contributed by atoms with Crippen molar-refractivity contribution in [3.63, 3.8) is 0 Å². The number of rotatable bonds is 5. The third kappa shape index (κ3) is 3.58. The van der Waals surface area contributed by atoms with Gasteiger partial charge in [-0.3, -0.25) is 4.90 Å². The van der Waals surface area contributed by atoms with Gasteiger partial charge in [0.1, 0.15) is 0 Å². The Morgan fingerprint density at radius 3 is 2.29 bits per heavy atom. The highest BCUT2D eigenvalue weighted by Crippen LogP contribution is 2.30. The van der Waals surface area contributed by atoms with Gasteiger partial charge in [0.05, 0.1) is 0 Å². The molecule has 1 aliphatic rings. The summed E-state index contributed by atoms with van der Waals surface area (Å²) < 4.78 is 26.3. The Balaban J connectivity index is 1.74. The summed E-state index contributed by atoms with van der Waals surface area (Å²) in [5, 5.41) is 0. The minimum atomic E-state index is -0.799. The van der Waals surface area contributed by atoms with E-state index >= 15 is 0 Å². The first-order valence-electron chi connectivity index (χ1n) is 7.14. The van der Waals surface area contributed by atoms with E-state index in [1.165, 1.54) is 12.1 Å². The minimum absolute atomic E-state index is 0.527. The van der Waals surface area contributed by atoms with Crippen molar-refractivity contribution in [3.05, 3.63) is 65.2 Å². The number of nitrogen functional groups attached to an aromatic ring is 1. The molecule has 0 radical (unpaired) electrons. The molecule has 2 N–H and O–H groups in total. The molecule has 1 saturated carbocycles. The maximum absolute atomic E-state index is 13.3. The molecular formula is C17H18F2N2. The van der Waals surface area contributed by atoms with Crippen molar-refractivity contribution in [2.75, 3.05) is 5.73 Å². The van der Waals surface area contributed by atoms with E-state index in [9.17, 15) is 8.78 Å². The lowest BCUT2D eigenvalue weighted by Gasteiger charge is -2.22. The average Bonchev–Trinajstić information content (AvgIpc) is 3.27. The van der Waals surface area contributed by atoms with Crippen molar-refractivity contribution in [3.8, 4) is 0 Å². The smallest absolute Gasteiger partial charge is 0.159 e. The fourth-order valence-electron chi connectivity index (χ4n) is 2.55. The van der Waals surface area contributed by atoms with Crippen LogP contribution in [0.25, 0.3) is 0 Å². The average molecular weight is 288 g/mol. The van der Waals surface area contributed by atoms with Crippen LogP contribution in [0.1, 0.15) is 24.0 Å². The molecule has 0 saturated heterocycles. The third-order valence-electron chi connectivity index (χ3n) is 3.77. The Hall–Kier alpha value is -1.94. The van der Waals surface area contributed by atoms with Crippen LogP contribution in [0.15, 0.2) is 42.5 Å². The van der Waals surface area contributed by atoms with E-state index in [1.54, 1.807) is 6.07 Å². The maximum atomic E-state index is 13.3. The fraction of sp³-hybridized carbons (Fsp3) is 0.294. The molecule has 0 aliphatic heterocycles. The van der Waals surface area contributed by atoms with E-state index in [0.29, 0.717) is 12.6 Å². The first kappa shape index (κ1) is 14.0. The summed E-state index contributed by atoms with van der Waals surface area (Å²) in [7, 11) is 0. The largest absolute Gasteiger partial charge is 0.399 e. The molecule has 4 heteroatoms. The van der Waals surface area contributed by atoms with Gasteiger partial charge in [-0.1, -0.05) is 18.2 Å². The van der Waals surface area contributed by atoms with Crippen LogP contribution in [0.4, 0.5) is 14.5 Å². The van der Waals surface area contributed by atoms with E-state index in [-0.39, 0.29) is 0 Å². The molecule has 2 nitrogen and oxygen atoms in total. The molecule has 0 bridgehead atoms. The van der Waals surface area contributed by atoms with E-state index in [1.807, 2.05) is 24.3 Å². The van der Waals surface area contributed by atoms with Crippen molar-refractivity contribution >= 4 is 5.69 Å². The summed E-state index contributed by atoms with van der Waals surface area (Å²) in [5.74, 6) is -1.58. The lowest BCUT2D eigenvalue weighted by molar-refractivity contribution is 0.245. The van der Waals surface area contributed by atoms with Crippen LogP contribution in [0.2, 0.25) is 0 Å². The SMILES string of the molecule is Nc1cccc(CN(Cc2ccc(F)c(F)c2)C2CC2)c1. The second-order valence-electron chi connectivity index (χ2n) is 5.63. The first-order valence-corrected chi connectivity index (χ1v) is 7.14. The summed E-state index contributed by atoms with van der Waals surface area (Å²) in [6.45, 7) is 1.39. The normalized spacial score (nSPS) is 14.6. The minimum Gasteiger partial charge on any atom is -0.399 e. The standard InChI is InChI=1S/C17H18F2N2/c18-16-7-4-13(9-17(16)19)11-21(15-5-6-15)10-12-2-1-3-14(20)8-12/h1-4,7-9,15H,5-6,10-11,20H2. The van der Waals surface area contributed by atoms with Gasteiger partial charge < -0.3 is 5.73 Å². The summed E-state index contributed by atoms with van der Waals surface area (Å²) >= 11 is 0. The zero-order valence-electron chi connectivity index (χ0n) is 11.7. The van der Waals surface area contributed by atoms with Crippen molar-refractivity contribution in [2.45, 2.75) is 32.0 Å². The molecule has 110 valence electrons. The van der Waals surface area contributed by atoms with E-state index in [4.69, 9.17) is 5.73 Å². The lowest BCUT2D eigenvalue weighted by Crippen LogP contribution is -2.25. The maximum Gasteiger partial charge on any atom is 0.159 e. The highest BCUT2D eigenvalue weighted by atomic mass is 19.2. The summed E-state index contributed by atoms with van der Waals surface area (Å²) in [4.78, 5) is 2.29. The second-order valence-corrected chi connectivity index (χ2v) is 5.63. The van der Waals surface area contributed by atoms with Gasteiger partial charge in [0.2, 0.25) is 0 Å². The van der Waals surface area contributed by atoms with Gasteiger partial charge in [0, 0.05) is 24.8 Å². The molecule has 2 aromatic rings. The van der Waals surface area contributed by atoms with Crippen LogP contribution < -0.4 is 5.73 Å². The Bertz CT molecular complexity index is 638. The number of nitrogens with zero attached hydrogens (tertiary/aromatic N) is 1. The Morgan fingerprint density at radius 1 is 0.952 bits per heavy atom. The predicted octanol–water partition coefficient (Wildman–Crippen LogP) is 3.71. The molecule has 0 aromatic heterocycles. The molecule has 21 heavy (non-hydrogen) atoms. The number of anilines is 1. The molecular weight excluding hydrogens is 270 g/mol. The summed E-state index contributed by atoms with van der Waals surface area (Å²) in [6.07, 6.45) is 2.32. The topological polar surface area (TPSA) is 29.3 Å². The number of nitrogens with two attached hydrogens (primary N) is 1. The molecule has 1 fully saturated rings. The highest BCUT2D eigenvalue weighted by Gasteiger charge is 2.29. The van der Waals surface area contributed by atoms with Gasteiger partial charge in [-0.15, -0.1) is 0 Å². The number of hydrogen-bond donors (Lipinski definition) is 1. The van der Waals surface area contributed by atoms with Crippen LogP contribution in [0, 0.1) is 11.6 Å². The van der Waals surface area contributed by atoms with Crippen LogP contribution in [-0.4, -0.2) is 10.9 Å². The molecule has 0 spiro atoms. The monoisotopic (exact) mass is 288 g/mol. The molecule has 1 aliphatic carbocycles. The zero-order valence-corrected chi connectivity index (χ0v) is 11.7. The van der Waals surface area contributed by atoms with Gasteiger partial charge in [-0.05, 0) is 48.2 Å². The quantitative estimate of drug-likeness (QED) is 0.850. The van der Waals surface area contributed by atoms with Crippen LogP contribution in [-0.2, 0) is 13.1 Å². The van der Waals surface area contributed by atoms with Crippen LogP contribution in [0.3, 0.4) is 0 Å². The predicted molar refractivity (Wildman–Crippen MR) is 79.5 cm³/mol. The Morgan fingerprint density at radius 2 is 1.67 bits per heavy atom. The molecule has 2 aromatic carbocycles. The van der Waals surface area contributed by atoms with Crippen LogP contribution in [0.5, 0.6) is 0 Å². The lowest BCUT2D eigenvalue weighted by atomic mass is 10.1. The van der Waals surface area contributed by atoms with Crippen molar-refractivity contribution < 1.29 is 8.78 Å². The zero-order chi connectivity index (χ0) is 14.8. The first-order chi connectivity index (χ1) is 10.1. The highest BCUT2D eigenvalue weighted by molar-refractivity contribution is 5.40. The van der Waals surface area contributed by atoms with Gasteiger partial charge in [0.25, 0.3) is 0 Å². The fourth-order valence-corrected chi connectivity index (χ4v) is 2.55. The molecule has 0 atom stereocenters. The van der Waals surface area contributed by atoms with Gasteiger partial charge in [-0.25, -0.2) is 8.78 Å². The second kappa shape index (κ2) is 5.82. The van der Waals surface area contributed by atoms with E-state index in [0.717, 1.165) is 36.2 Å². The summed E-state index contributed by atoms with van der Waals surface area (Å²) in [6, 6.07) is 12.4. The Kier molecular flexibility index (Phi) is 3.88. The number of benzene rings is 2.